The summed E-state index contributed by atoms with van der Waals surface area (Å²) in [5.41, 5.74) is 2.72. The Hall–Kier alpha value is -4.90. The Morgan fingerprint density at radius 3 is 1.90 bits per heavy atom. The molecular weight excluding hydrogens is 496 g/mol. The molecule has 0 aromatic heterocycles. The SMILES string of the molecule is COc1ccc(/C=C/C(=O)N(C(=O)N[C@@H](C)c2cccc3ccccc23)C(C)c2cccc3ccccc23)cc1. The van der Waals surface area contributed by atoms with Crippen LogP contribution in [-0.4, -0.2) is 23.9 Å². The van der Waals surface area contributed by atoms with Crippen molar-refractivity contribution in [3.63, 3.8) is 0 Å². The fourth-order valence-corrected chi connectivity index (χ4v) is 5.14. The molecule has 1 N–H and O–H groups in total. The number of nitrogens with one attached hydrogen (secondary N) is 1. The molecule has 5 aromatic rings. The summed E-state index contributed by atoms with van der Waals surface area (Å²) in [7, 11) is 1.61. The van der Waals surface area contributed by atoms with Gasteiger partial charge in [0.2, 0.25) is 0 Å². The second-order valence-corrected chi connectivity index (χ2v) is 9.80. The van der Waals surface area contributed by atoms with Crippen molar-refractivity contribution in [2.24, 2.45) is 0 Å². The van der Waals surface area contributed by atoms with Crippen LogP contribution in [0.3, 0.4) is 0 Å². The fraction of sp³-hybridized carbons (Fsp3) is 0.143. The van der Waals surface area contributed by atoms with Gasteiger partial charge in [0.15, 0.2) is 0 Å². The van der Waals surface area contributed by atoms with Crippen molar-refractivity contribution >= 4 is 39.6 Å². The molecule has 5 rings (SSSR count). The van der Waals surface area contributed by atoms with Gasteiger partial charge in [-0.1, -0.05) is 97.1 Å². The molecule has 0 fully saturated rings. The Morgan fingerprint density at radius 1 is 0.725 bits per heavy atom. The maximum atomic E-state index is 13.9. The number of hydrogen-bond donors (Lipinski definition) is 1. The van der Waals surface area contributed by atoms with E-state index in [4.69, 9.17) is 4.74 Å². The molecule has 0 bridgehead atoms. The second kappa shape index (κ2) is 11.9. The summed E-state index contributed by atoms with van der Waals surface area (Å²) in [6, 6.07) is 34.2. The topological polar surface area (TPSA) is 58.6 Å². The van der Waals surface area contributed by atoms with Crippen LogP contribution in [0.4, 0.5) is 4.79 Å². The smallest absolute Gasteiger partial charge is 0.325 e. The minimum absolute atomic E-state index is 0.320. The minimum atomic E-state index is -0.515. The van der Waals surface area contributed by atoms with Crippen molar-refractivity contribution in [3.05, 3.63) is 132 Å². The van der Waals surface area contributed by atoms with Gasteiger partial charge >= 0.3 is 6.03 Å². The standard InChI is InChI=1S/C35H32N2O3/c1-24(30-16-8-12-27-10-4-6-14-32(27)30)36-35(39)37(34(38)23-20-26-18-21-29(40-3)22-19-26)25(2)31-17-9-13-28-11-5-7-15-33(28)31/h4-25H,1-3H3,(H,36,39)/b23-20+/t24-,25?/m0/s1. The van der Waals surface area contributed by atoms with Gasteiger partial charge in [0.25, 0.3) is 5.91 Å². The molecular formula is C35H32N2O3. The summed E-state index contributed by atoms with van der Waals surface area (Å²) in [5.74, 6) is 0.329. The molecule has 0 radical (unpaired) electrons. The van der Waals surface area contributed by atoms with E-state index in [1.807, 2.05) is 111 Å². The number of hydrogen-bond acceptors (Lipinski definition) is 3. The molecule has 5 nitrogen and oxygen atoms in total. The van der Waals surface area contributed by atoms with Gasteiger partial charge in [-0.3, -0.25) is 9.69 Å². The number of rotatable bonds is 7. The predicted molar refractivity (Wildman–Crippen MR) is 162 cm³/mol. The summed E-state index contributed by atoms with van der Waals surface area (Å²) in [4.78, 5) is 28.9. The van der Waals surface area contributed by atoms with E-state index in [2.05, 4.69) is 17.4 Å². The Morgan fingerprint density at radius 2 is 1.27 bits per heavy atom. The molecule has 1 unspecified atom stereocenters. The molecule has 200 valence electrons. The lowest BCUT2D eigenvalue weighted by Gasteiger charge is -2.29. The highest BCUT2D eigenvalue weighted by molar-refractivity contribution is 6.03. The number of ether oxygens (including phenoxy) is 1. The number of amides is 3. The van der Waals surface area contributed by atoms with Crippen molar-refractivity contribution in [1.82, 2.24) is 10.2 Å². The van der Waals surface area contributed by atoms with E-state index in [1.165, 1.54) is 11.0 Å². The average Bonchev–Trinajstić information content (AvgIpc) is 2.99. The molecule has 0 aliphatic rings. The Labute approximate surface area is 234 Å². The maximum absolute atomic E-state index is 13.9. The first-order valence-corrected chi connectivity index (χ1v) is 13.4. The minimum Gasteiger partial charge on any atom is -0.497 e. The highest BCUT2D eigenvalue weighted by atomic mass is 16.5. The van der Waals surface area contributed by atoms with Gasteiger partial charge in [-0.25, -0.2) is 4.79 Å². The van der Waals surface area contributed by atoms with Crippen LogP contribution < -0.4 is 10.1 Å². The van der Waals surface area contributed by atoms with E-state index in [-0.39, 0.29) is 6.04 Å². The van der Waals surface area contributed by atoms with Crippen LogP contribution in [-0.2, 0) is 4.79 Å². The fourth-order valence-electron chi connectivity index (χ4n) is 5.14. The number of fused-ring (bicyclic) bond motifs is 2. The van der Waals surface area contributed by atoms with Crippen molar-refractivity contribution in [2.75, 3.05) is 7.11 Å². The van der Waals surface area contributed by atoms with Gasteiger partial charge < -0.3 is 10.1 Å². The molecule has 0 aliphatic carbocycles. The van der Waals surface area contributed by atoms with Crippen LogP contribution in [0.5, 0.6) is 5.75 Å². The second-order valence-electron chi connectivity index (χ2n) is 9.80. The van der Waals surface area contributed by atoms with Crippen LogP contribution in [0, 0.1) is 0 Å². The summed E-state index contributed by atoms with van der Waals surface area (Å²) < 4.78 is 5.23. The van der Waals surface area contributed by atoms with Gasteiger partial charge in [-0.2, -0.15) is 0 Å². The maximum Gasteiger partial charge on any atom is 0.325 e. The molecule has 0 spiro atoms. The van der Waals surface area contributed by atoms with Crippen LogP contribution in [0.15, 0.2) is 115 Å². The first kappa shape index (κ1) is 26.7. The zero-order valence-electron chi connectivity index (χ0n) is 22.9. The molecule has 5 heteroatoms. The summed E-state index contributed by atoms with van der Waals surface area (Å²) in [5, 5.41) is 7.32. The lowest BCUT2D eigenvalue weighted by molar-refractivity contribution is -0.124. The first-order chi connectivity index (χ1) is 19.5. The highest BCUT2D eigenvalue weighted by Gasteiger charge is 2.29. The summed E-state index contributed by atoms with van der Waals surface area (Å²) >= 11 is 0. The predicted octanol–water partition coefficient (Wildman–Crippen LogP) is 8.08. The van der Waals surface area contributed by atoms with E-state index < -0.39 is 18.0 Å². The molecule has 0 saturated heterocycles. The van der Waals surface area contributed by atoms with Gasteiger partial charge in [0.05, 0.1) is 19.2 Å². The monoisotopic (exact) mass is 528 g/mol. The third kappa shape index (κ3) is 5.59. The number of carbonyl (C=O) groups is 2. The van der Waals surface area contributed by atoms with Gasteiger partial charge in [-0.15, -0.1) is 0 Å². The van der Waals surface area contributed by atoms with E-state index in [1.54, 1.807) is 13.2 Å². The van der Waals surface area contributed by atoms with Gasteiger partial charge in [0.1, 0.15) is 5.75 Å². The van der Waals surface area contributed by atoms with Crippen LogP contribution in [0.2, 0.25) is 0 Å². The molecule has 40 heavy (non-hydrogen) atoms. The molecule has 3 amide bonds. The zero-order valence-corrected chi connectivity index (χ0v) is 22.9. The lowest BCUT2D eigenvalue weighted by Crippen LogP contribution is -2.45. The van der Waals surface area contributed by atoms with Gasteiger partial charge in [0, 0.05) is 6.08 Å². The molecule has 5 aromatic carbocycles. The molecule has 0 aliphatic heterocycles. The van der Waals surface area contributed by atoms with Gasteiger partial charge in [-0.05, 0) is 70.3 Å². The zero-order chi connectivity index (χ0) is 28.1. The van der Waals surface area contributed by atoms with Crippen molar-refractivity contribution in [1.29, 1.82) is 0 Å². The summed E-state index contributed by atoms with van der Waals surface area (Å²) in [6.07, 6.45) is 3.16. The quantitative estimate of drug-likeness (QED) is 0.217. The molecule has 0 heterocycles. The van der Waals surface area contributed by atoms with E-state index in [0.29, 0.717) is 0 Å². The Balaban J connectivity index is 1.48. The Bertz CT molecular complexity index is 1680. The van der Waals surface area contributed by atoms with E-state index in [9.17, 15) is 9.59 Å². The Kier molecular flexibility index (Phi) is 7.92. The molecule has 0 saturated carbocycles. The number of benzene rings is 5. The first-order valence-electron chi connectivity index (χ1n) is 13.4. The average molecular weight is 529 g/mol. The van der Waals surface area contributed by atoms with Crippen LogP contribution >= 0.6 is 0 Å². The highest BCUT2D eigenvalue weighted by Crippen LogP contribution is 2.30. The molecule has 2 atom stereocenters. The van der Waals surface area contributed by atoms with Crippen LogP contribution in [0.25, 0.3) is 27.6 Å². The largest absolute Gasteiger partial charge is 0.497 e. The third-order valence-electron chi connectivity index (χ3n) is 7.28. The number of urea groups is 1. The van der Waals surface area contributed by atoms with Crippen molar-refractivity contribution < 1.29 is 14.3 Å². The normalized spacial score (nSPS) is 12.8. The number of nitrogens with zero attached hydrogens (tertiary/aromatic N) is 1. The lowest BCUT2D eigenvalue weighted by atomic mass is 9.98. The van der Waals surface area contributed by atoms with Crippen molar-refractivity contribution in [3.8, 4) is 5.75 Å². The van der Waals surface area contributed by atoms with Crippen LogP contribution in [0.1, 0.15) is 42.6 Å². The number of carbonyl (C=O) groups excluding carboxylic acids is 2. The number of methoxy groups -OCH3 is 1. The van der Waals surface area contributed by atoms with E-state index in [0.717, 1.165) is 44.0 Å². The van der Waals surface area contributed by atoms with E-state index >= 15 is 0 Å². The third-order valence-corrected chi connectivity index (χ3v) is 7.28. The summed E-state index contributed by atoms with van der Waals surface area (Å²) in [6.45, 7) is 3.83. The van der Waals surface area contributed by atoms with Crippen molar-refractivity contribution in [2.45, 2.75) is 25.9 Å². The number of imide groups is 1.